The zero-order valence-electron chi connectivity index (χ0n) is 9.42. The fourth-order valence-corrected chi connectivity index (χ4v) is 2.43. The average Bonchev–Trinajstić information content (AvgIpc) is 2.79. The highest BCUT2D eigenvalue weighted by Crippen LogP contribution is 2.16. The largest absolute Gasteiger partial charge is 0.280 e. The van der Waals surface area contributed by atoms with Crippen molar-refractivity contribution in [2.45, 2.75) is 0 Å². The van der Waals surface area contributed by atoms with Crippen LogP contribution >= 0.6 is 0 Å². The van der Waals surface area contributed by atoms with Gasteiger partial charge in [0.2, 0.25) is 0 Å². The minimum Gasteiger partial charge on any atom is -0.267 e. The number of nitrogens with zero attached hydrogens (tertiary/aromatic N) is 2. The van der Waals surface area contributed by atoms with Crippen molar-refractivity contribution < 1.29 is 4.79 Å². The van der Waals surface area contributed by atoms with E-state index in [9.17, 15) is 4.79 Å². The van der Waals surface area contributed by atoms with Crippen molar-refractivity contribution in [3.05, 3.63) is 69.7 Å². The highest BCUT2D eigenvalue weighted by molar-refractivity contribution is 6.28. The maximum Gasteiger partial charge on any atom is 0.280 e. The van der Waals surface area contributed by atoms with Crippen molar-refractivity contribution in [3.63, 3.8) is 0 Å². The predicted molar refractivity (Wildman–Crippen MR) is 66.3 cm³/mol. The van der Waals surface area contributed by atoms with Gasteiger partial charge < -0.3 is 0 Å². The Hall–Kier alpha value is -2.55. The molecule has 0 atom stereocenters. The van der Waals surface area contributed by atoms with E-state index in [0.29, 0.717) is 10.9 Å². The molecular weight excluding hydrogens is 224 g/mol. The molecule has 2 aromatic rings. The van der Waals surface area contributed by atoms with Crippen LogP contribution in [-0.4, -0.2) is 5.91 Å². The van der Waals surface area contributed by atoms with Gasteiger partial charge in [0.05, 0.1) is 22.0 Å². The lowest BCUT2D eigenvalue weighted by Crippen LogP contribution is -2.33. The van der Waals surface area contributed by atoms with Crippen LogP contribution in [-0.2, 0) is 4.79 Å². The van der Waals surface area contributed by atoms with Crippen molar-refractivity contribution in [2.24, 2.45) is 9.98 Å². The van der Waals surface area contributed by atoms with Gasteiger partial charge in [-0.2, -0.15) is 0 Å². The number of hydrogen-bond acceptors (Lipinski definition) is 2. The molecular formula is C15H8N2O. The minimum atomic E-state index is -0.197. The lowest BCUT2D eigenvalue weighted by Gasteiger charge is -2.05. The molecule has 84 valence electrons. The lowest BCUT2D eigenvalue weighted by atomic mass is 10.1. The number of amides is 1. The summed E-state index contributed by atoms with van der Waals surface area (Å²) in [5.74, 6) is -0.197. The molecule has 0 aliphatic carbocycles. The van der Waals surface area contributed by atoms with Crippen LogP contribution < -0.4 is 21.2 Å². The van der Waals surface area contributed by atoms with Crippen molar-refractivity contribution in [3.8, 4) is 0 Å². The zero-order valence-corrected chi connectivity index (χ0v) is 9.42. The first kappa shape index (κ1) is 9.48. The Bertz CT molecular complexity index is 939. The molecule has 0 saturated heterocycles. The molecule has 4 rings (SSSR count). The van der Waals surface area contributed by atoms with E-state index >= 15 is 0 Å². The van der Waals surface area contributed by atoms with E-state index < -0.39 is 0 Å². The summed E-state index contributed by atoms with van der Waals surface area (Å²) in [7, 11) is 0. The van der Waals surface area contributed by atoms with Gasteiger partial charge in [0.25, 0.3) is 5.91 Å². The third-order valence-corrected chi connectivity index (χ3v) is 3.24. The highest BCUT2D eigenvalue weighted by atomic mass is 16.1. The quantitative estimate of drug-likeness (QED) is 0.600. The SMILES string of the molecule is O=C1N=c2ccccc2=C2N=c3ccccc3=C12. The van der Waals surface area contributed by atoms with E-state index in [0.717, 1.165) is 21.5 Å². The second kappa shape index (κ2) is 3.23. The molecule has 0 radical (unpaired) electrons. The molecule has 0 aromatic heterocycles. The number of benzene rings is 2. The first-order chi connectivity index (χ1) is 8.84. The summed E-state index contributed by atoms with van der Waals surface area (Å²) < 4.78 is 0. The molecule has 0 N–H and O–H groups in total. The van der Waals surface area contributed by atoms with Crippen LogP contribution in [0.2, 0.25) is 0 Å². The summed E-state index contributed by atoms with van der Waals surface area (Å²) in [6.07, 6.45) is 0. The van der Waals surface area contributed by atoms with Gasteiger partial charge in [-0.3, -0.25) is 4.79 Å². The van der Waals surface area contributed by atoms with Crippen LogP contribution in [0.15, 0.2) is 58.5 Å². The molecule has 2 aliphatic rings. The summed E-state index contributed by atoms with van der Waals surface area (Å²) in [4.78, 5) is 20.8. The van der Waals surface area contributed by atoms with E-state index in [1.165, 1.54) is 0 Å². The maximum absolute atomic E-state index is 12.1. The first-order valence-corrected chi connectivity index (χ1v) is 5.75. The van der Waals surface area contributed by atoms with Crippen LogP contribution in [0.3, 0.4) is 0 Å². The fraction of sp³-hybridized carbons (Fsp3) is 0. The average molecular weight is 232 g/mol. The third-order valence-electron chi connectivity index (χ3n) is 3.24. The molecule has 0 spiro atoms. The summed E-state index contributed by atoms with van der Waals surface area (Å²) in [5, 5.41) is 3.37. The van der Waals surface area contributed by atoms with Gasteiger partial charge in [0.1, 0.15) is 0 Å². The fourth-order valence-electron chi connectivity index (χ4n) is 2.43. The standard InChI is InChI=1S/C15H8N2O/c18-15-13-9-5-1-3-7-11(9)16-14(13)10-6-2-4-8-12(10)17-15/h1-8H. The van der Waals surface area contributed by atoms with E-state index in [-0.39, 0.29) is 5.91 Å². The first-order valence-electron chi connectivity index (χ1n) is 5.75. The van der Waals surface area contributed by atoms with Gasteiger partial charge in [0.15, 0.2) is 0 Å². The molecule has 18 heavy (non-hydrogen) atoms. The summed E-state index contributed by atoms with van der Waals surface area (Å²) in [5.41, 5.74) is 1.39. The van der Waals surface area contributed by atoms with Crippen LogP contribution in [0.1, 0.15) is 0 Å². The Morgan fingerprint density at radius 1 is 0.722 bits per heavy atom. The van der Waals surface area contributed by atoms with Gasteiger partial charge in [-0.1, -0.05) is 36.4 Å². The number of fused-ring (bicyclic) bond motifs is 3. The molecule has 3 heteroatoms. The predicted octanol–water partition coefficient (Wildman–Crippen LogP) is -0.561. The highest BCUT2D eigenvalue weighted by Gasteiger charge is 2.23. The zero-order chi connectivity index (χ0) is 12.1. The van der Waals surface area contributed by atoms with Gasteiger partial charge in [-0.25, -0.2) is 9.98 Å². The second-order valence-corrected chi connectivity index (χ2v) is 4.29. The Labute approximate surface area is 102 Å². The number of para-hydroxylation sites is 2. The van der Waals surface area contributed by atoms with E-state index in [1.54, 1.807) is 0 Å². The van der Waals surface area contributed by atoms with Crippen LogP contribution in [0.4, 0.5) is 0 Å². The topological polar surface area (TPSA) is 41.8 Å². The van der Waals surface area contributed by atoms with Gasteiger partial charge in [-0.05, 0) is 12.1 Å². The van der Waals surface area contributed by atoms with Crippen molar-refractivity contribution in [1.29, 1.82) is 0 Å². The summed E-state index contributed by atoms with van der Waals surface area (Å²) >= 11 is 0. The second-order valence-electron chi connectivity index (χ2n) is 4.29. The molecule has 1 amide bonds. The Kier molecular flexibility index (Phi) is 1.70. The van der Waals surface area contributed by atoms with Crippen LogP contribution in [0, 0.1) is 0 Å². The lowest BCUT2D eigenvalue weighted by molar-refractivity contribution is -0.112. The molecule has 0 fully saturated rings. The number of carbonyl (C=O) groups is 1. The maximum atomic E-state index is 12.1. The number of rotatable bonds is 0. The van der Waals surface area contributed by atoms with Crippen molar-refractivity contribution in [2.75, 3.05) is 0 Å². The summed E-state index contributed by atoms with van der Waals surface area (Å²) in [6, 6.07) is 15.3. The molecule has 3 nitrogen and oxygen atoms in total. The molecule has 0 bridgehead atoms. The van der Waals surface area contributed by atoms with Gasteiger partial charge in [-0.15, -0.1) is 0 Å². The minimum absolute atomic E-state index is 0.197. The third kappa shape index (κ3) is 1.10. The van der Waals surface area contributed by atoms with E-state index in [1.807, 2.05) is 48.5 Å². The number of hydrogen-bond donors (Lipinski definition) is 0. The Morgan fingerprint density at radius 3 is 2.11 bits per heavy atom. The van der Waals surface area contributed by atoms with Crippen molar-refractivity contribution >= 4 is 17.2 Å². The molecule has 0 unspecified atom stereocenters. The molecule has 2 heterocycles. The summed E-state index contributed by atoms with van der Waals surface area (Å²) in [6.45, 7) is 0. The molecule has 0 saturated carbocycles. The van der Waals surface area contributed by atoms with E-state index in [2.05, 4.69) is 9.98 Å². The van der Waals surface area contributed by atoms with Crippen LogP contribution in [0.5, 0.6) is 0 Å². The monoisotopic (exact) mass is 232 g/mol. The Morgan fingerprint density at radius 2 is 1.33 bits per heavy atom. The molecule has 2 aromatic carbocycles. The van der Waals surface area contributed by atoms with Crippen molar-refractivity contribution in [1.82, 2.24) is 0 Å². The smallest absolute Gasteiger partial charge is 0.267 e. The molecule has 2 aliphatic heterocycles. The van der Waals surface area contributed by atoms with E-state index in [4.69, 9.17) is 0 Å². The van der Waals surface area contributed by atoms with Gasteiger partial charge in [0, 0.05) is 10.4 Å². The Balaban J connectivity index is 2.33. The number of carbonyl (C=O) groups excluding carboxylic acids is 1. The normalized spacial score (nSPS) is 15.4. The van der Waals surface area contributed by atoms with Crippen LogP contribution in [0.25, 0.3) is 11.3 Å². The van der Waals surface area contributed by atoms with Gasteiger partial charge >= 0.3 is 0 Å².